The van der Waals surface area contributed by atoms with Crippen LogP contribution in [0.3, 0.4) is 0 Å². The van der Waals surface area contributed by atoms with Crippen molar-refractivity contribution < 1.29 is 9.59 Å². The summed E-state index contributed by atoms with van der Waals surface area (Å²) in [5.41, 5.74) is 2.11. The average molecular weight is 409 g/mol. The van der Waals surface area contributed by atoms with Gasteiger partial charge in [0.25, 0.3) is 5.91 Å². The van der Waals surface area contributed by atoms with Crippen molar-refractivity contribution in [2.45, 2.75) is 44.7 Å². The molecule has 4 rings (SSSR count). The summed E-state index contributed by atoms with van der Waals surface area (Å²) in [6, 6.07) is 12.5. The zero-order valence-electron chi connectivity index (χ0n) is 16.3. The third-order valence-electron chi connectivity index (χ3n) is 5.28. The molecule has 1 aliphatic rings. The second kappa shape index (κ2) is 8.61. The molecule has 1 aromatic carbocycles. The Morgan fingerprint density at radius 2 is 1.93 bits per heavy atom. The number of H-pyrrole nitrogens is 1. The number of aromatic nitrogens is 2. The quantitative estimate of drug-likeness (QED) is 0.641. The summed E-state index contributed by atoms with van der Waals surface area (Å²) in [6.07, 6.45) is 5.77. The highest BCUT2D eigenvalue weighted by atomic mass is 32.1. The predicted octanol–water partition coefficient (Wildman–Crippen LogP) is 4.23. The number of rotatable bonds is 6. The van der Waals surface area contributed by atoms with Crippen molar-refractivity contribution in [2.75, 3.05) is 4.90 Å². The fourth-order valence-electron chi connectivity index (χ4n) is 3.76. The largest absolute Gasteiger partial charge is 0.351 e. The van der Waals surface area contributed by atoms with Gasteiger partial charge in [0.05, 0.1) is 0 Å². The van der Waals surface area contributed by atoms with Crippen LogP contribution in [0.2, 0.25) is 0 Å². The molecule has 2 amide bonds. The molecule has 0 radical (unpaired) electrons. The fourth-order valence-corrected chi connectivity index (χ4v) is 4.58. The molecule has 3 aromatic rings. The Balaban J connectivity index is 1.75. The molecule has 1 atom stereocenters. The highest BCUT2D eigenvalue weighted by molar-refractivity contribution is 7.10. The average Bonchev–Trinajstić information content (AvgIpc) is 3.49. The molecule has 0 spiro atoms. The van der Waals surface area contributed by atoms with E-state index in [2.05, 4.69) is 15.5 Å². The maximum absolute atomic E-state index is 13.4. The van der Waals surface area contributed by atoms with Gasteiger partial charge in [0.2, 0.25) is 5.91 Å². The number of aromatic amines is 1. The summed E-state index contributed by atoms with van der Waals surface area (Å²) in [4.78, 5) is 29.3. The first-order valence-electron chi connectivity index (χ1n) is 9.87. The van der Waals surface area contributed by atoms with Crippen molar-refractivity contribution in [3.05, 3.63) is 70.2 Å². The molecular weight excluding hydrogens is 384 g/mol. The van der Waals surface area contributed by atoms with E-state index >= 15 is 0 Å². The summed E-state index contributed by atoms with van der Waals surface area (Å²) >= 11 is 1.48. The molecular formula is C22H24N4O2S. The van der Waals surface area contributed by atoms with E-state index in [0.717, 1.165) is 36.1 Å². The SMILES string of the molecule is Cc1ccc(N(C(=O)c2ccn[nH]2)[C@@H](C(=O)NC2CCCC2)c2cccs2)cc1. The summed E-state index contributed by atoms with van der Waals surface area (Å²) in [7, 11) is 0. The van der Waals surface area contributed by atoms with Crippen molar-refractivity contribution in [2.24, 2.45) is 0 Å². The van der Waals surface area contributed by atoms with Crippen LogP contribution in [0.1, 0.15) is 52.7 Å². The third kappa shape index (κ3) is 4.24. The van der Waals surface area contributed by atoms with Gasteiger partial charge in [0.1, 0.15) is 5.69 Å². The number of nitrogens with zero attached hydrogens (tertiary/aromatic N) is 2. The standard InChI is InChI=1S/C22H24N4O2S/c1-15-8-10-17(11-9-15)26(22(28)18-12-13-23-25-18)20(19-7-4-14-29-19)21(27)24-16-5-2-3-6-16/h4,7-14,16,20H,2-3,5-6H2,1H3,(H,23,25)(H,24,27)/t20-/m1/s1. The lowest BCUT2D eigenvalue weighted by Gasteiger charge is -2.31. The van der Waals surface area contributed by atoms with Gasteiger partial charge in [0, 0.05) is 22.8 Å². The Bertz CT molecular complexity index is 945. The highest BCUT2D eigenvalue weighted by Gasteiger charge is 2.35. The normalized spacial score (nSPS) is 15.2. The van der Waals surface area contributed by atoms with Crippen molar-refractivity contribution in [1.82, 2.24) is 15.5 Å². The van der Waals surface area contributed by atoms with E-state index < -0.39 is 6.04 Å². The molecule has 1 fully saturated rings. The van der Waals surface area contributed by atoms with Crippen LogP contribution in [0.4, 0.5) is 5.69 Å². The second-order valence-electron chi connectivity index (χ2n) is 7.39. The number of nitrogens with one attached hydrogen (secondary N) is 2. The number of thiophene rings is 1. The molecule has 1 aliphatic carbocycles. The van der Waals surface area contributed by atoms with Crippen molar-refractivity contribution in [1.29, 1.82) is 0 Å². The molecule has 150 valence electrons. The Kier molecular flexibility index (Phi) is 5.76. The minimum absolute atomic E-state index is 0.146. The number of amides is 2. The maximum Gasteiger partial charge on any atom is 0.277 e. The van der Waals surface area contributed by atoms with Crippen LogP contribution in [0.25, 0.3) is 0 Å². The van der Waals surface area contributed by atoms with Crippen molar-refractivity contribution in [3.63, 3.8) is 0 Å². The van der Waals surface area contributed by atoms with Crippen LogP contribution in [0.15, 0.2) is 54.0 Å². The molecule has 2 heterocycles. The molecule has 0 unspecified atom stereocenters. The van der Waals surface area contributed by atoms with Gasteiger partial charge in [-0.15, -0.1) is 11.3 Å². The second-order valence-corrected chi connectivity index (χ2v) is 8.37. The lowest BCUT2D eigenvalue weighted by molar-refractivity contribution is -0.123. The first-order chi connectivity index (χ1) is 14.1. The zero-order valence-corrected chi connectivity index (χ0v) is 17.1. The molecule has 2 aromatic heterocycles. The number of hydrogen-bond acceptors (Lipinski definition) is 4. The topological polar surface area (TPSA) is 78.1 Å². The minimum Gasteiger partial charge on any atom is -0.351 e. The van der Waals surface area contributed by atoms with E-state index in [1.54, 1.807) is 17.2 Å². The van der Waals surface area contributed by atoms with Crippen LogP contribution < -0.4 is 10.2 Å². The van der Waals surface area contributed by atoms with E-state index in [9.17, 15) is 9.59 Å². The Morgan fingerprint density at radius 1 is 1.17 bits per heavy atom. The van der Waals surface area contributed by atoms with Gasteiger partial charge in [-0.2, -0.15) is 5.10 Å². The summed E-state index contributed by atoms with van der Waals surface area (Å²) in [6.45, 7) is 1.99. The zero-order chi connectivity index (χ0) is 20.2. The summed E-state index contributed by atoms with van der Waals surface area (Å²) < 4.78 is 0. The van der Waals surface area contributed by atoms with Gasteiger partial charge < -0.3 is 5.32 Å². The molecule has 2 N–H and O–H groups in total. The van der Waals surface area contributed by atoms with E-state index in [1.807, 2.05) is 48.7 Å². The molecule has 0 saturated heterocycles. The van der Waals surface area contributed by atoms with Gasteiger partial charge in [-0.25, -0.2) is 0 Å². The Hall–Kier alpha value is -2.93. The molecule has 0 aliphatic heterocycles. The first-order valence-corrected chi connectivity index (χ1v) is 10.7. The molecule has 6 nitrogen and oxygen atoms in total. The summed E-state index contributed by atoms with van der Waals surface area (Å²) in [5, 5.41) is 11.8. The number of carbonyl (C=O) groups is 2. The predicted molar refractivity (Wildman–Crippen MR) is 114 cm³/mol. The number of aryl methyl sites for hydroxylation is 1. The summed E-state index contributed by atoms with van der Waals surface area (Å²) in [5.74, 6) is -0.431. The van der Waals surface area contributed by atoms with Gasteiger partial charge in [-0.1, -0.05) is 36.6 Å². The van der Waals surface area contributed by atoms with Crippen LogP contribution >= 0.6 is 11.3 Å². The van der Waals surface area contributed by atoms with Gasteiger partial charge in [0.15, 0.2) is 6.04 Å². The third-order valence-corrected chi connectivity index (χ3v) is 6.21. The molecule has 0 bridgehead atoms. The number of anilines is 1. The number of hydrogen-bond donors (Lipinski definition) is 2. The number of benzene rings is 1. The van der Waals surface area contributed by atoms with E-state index in [-0.39, 0.29) is 17.9 Å². The highest BCUT2D eigenvalue weighted by Crippen LogP contribution is 2.32. The van der Waals surface area contributed by atoms with E-state index in [4.69, 9.17) is 0 Å². The van der Waals surface area contributed by atoms with Crippen LogP contribution in [0, 0.1) is 6.92 Å². The van der Waals surface area contributed by atoms with Crippen molar-refractivity contribution in [3.8, 4) is 0 Å². The maximum atomic E-state index is 13.4. The van der Waals surface area contributed by atoms with Gasteiger partial charge in [-0.05, 0) is 49.4 Å². The van der Waals surface area contributed by atoms with Gasteiger partial charge >= 0.3 is 0 Å². The molecule has 7 heteroatoms. The monoisotopic (exact) mass is 408 g/mol. The van der Waals surface area contributed by atoms with Gasteiger partial charge in [-0.3, -0.25) is 19.6 Å². The fraction of sp³-hybridized carbons (Fsp3) is 0.318. The van der Waals surface area contributed by atoms with Crippen LogP contribution in [-0.4, -0.2) is 28.1 Å². The lowest BCUT2D eigenvalue weighted by Crippen LogP contribution is -2.46. The van der Waals surface area contributed by atoms with Crippen LogP contribution in [-0.2, 0) is 4.79 Å². The smallest absolute Gasteiger partial charge is 0.277 e. The first kappa shape index (κ1) is 19.4. The lowest BCUT2D eigenvalue weighted by atomic mass is 10.1. The number of carbonyl (C=O) groups excluding carboxylic acids is 2. The minimum atomic E-state index is -0.742. The van der Waals surface area contributed by atoms with Crippen molar-refractivity contribution >= 4 is 28.8 Å². The van der Waals surface area contributed by atoms with E-state index in [0.29, 0.717) is 11.4 Å². The molecule has 1 saturated carbocycles. The van der Waals surface area contributed by atoms with Crippen LogP contribution in [0.5, 0.6) is 0 Å². The van der Waals surface area contributed by atoms with E-state index in [1.165, 1.54) is 11.3 Å². The Morgan fingerprint density at radius 3 is 2.55 bits per heavy atom. The molecule has 29 heavy (non-hydrogen) atoms. The Labute approximate surface area is 173 Å².